The molecule has 2 aliphatic heterocycles. The summed E-state index contributed by atoms with van der Waals surface area (Å²) in [5.41, 5.74) is 4.07. The minimum absolute atomic E-state index is 0. The smallest absolute Gasteiger partial charge is 0.191 e. The number of aryl methyl sites for hydroxylation is 1. The van der Waals surface area contributed by atoms with Crippen LogP contribution >= 0.6 is 24.0 Å². The van der Waals surface area contributed by atoms with E-state index in [2.05, 4.69) is 86.9 Å². The molecule has 0 spiro atoms. The molecule has 0 amide bonds. The van der Waals surface area contributed by atoms with Crippen molar-refractivity contribution in [2.24, 2.45) is 10.9 Å². The maximum absolute atomic E-state index is 4.48. The molecule has 174 valence electrons. The lowest BCUT2D eigenvalue weighted by atomic mass is 10.1. The number of nitrogens with one attached hydrogen (secondary N) is 2. The Morgan fingerprint density at radius 1 is 1.00 bits per heavy atom. The highest BCUT2D eigenvalue weighted by Crippen LogP contribution is 2.21. The van der Waals surface area contributed by atoms with Crippen LogP contribution in [0.1, 0.15) is 24.0 Å². The first-order valence-electron chi connectivity index (χ1n) is 11.7. The predicted molar refractivity (Wildman–Crippen MR) is 146 cm³/mol. The van der Waals surface area contributed by atoms with Crippen LogP contribution in [-0.4, -0.2) is 63.2 Å². The van der Waals surface area contributed by atoms with Crippen LogP contribution in [0.2, 0.25) is 0 Å². The third kappa shape index (κ3) is 7.10. The maximum atomic E-state index is 4.48. The minimum Gasteiger partial charge on any atom is -0.369 e. The molecule has 2 aromatic carbocycles. The number of anilines is 1. The highest BCUT2D eigenvalue weighted by Gasteiger charge is 2.25. The molecule has 2 unspecified atom stereocenters. The Hall–Kier alpha value is -1.80. The van der Waals surface area contributed by atoms with Crippen molar-refractivity contribution in [2.75, 3.05) is 51.2 Å². The molecule has 5 nitrogen and oxygen atoms in total. The van der Waals surface area contributed by atoms with Crippen molar-refractivity contribution < 1.29 is 0 Å². The third-order valence-corrected chi connectivity index (χ3v) is 6.64. The fourth-order valence-corrected chi connectivity index (χ4v) is 4.71. The van der Waals surface area contributed by atoms with Gasteiger partial charge in [-0.1, -0.05) is 48.0 Å². The lowest BCUT2D eigenvalue weighted by molar-refractivity contribution is 0.328. The van der Waals surface area contributed by atoms with Gasteiger partial charge in [-0.05, 0) is 56.3 Å². The van der Waals surface area contributed by atoms with E-state index in [-0.39, 0.29) is 24.0 Å². The Labute approximate surface area is 210 Å². The van der Waals surface area contributed by atoms with Gasteiger partial charge in [0.1, 0.15) is 0 Å². The summed E-state index contributed by atoms with van der Waals surface area (Å²) >= 11 is 0. The summed E-state index contributed by atoms with van der Waals surface area (Å²) in [4.78, 5) is 9.55. The molecule has 32 heavy (non-hydrogen) atoms. The van der Waals surface area contributed by atoms with E-state index in [1.165, 1.54) is 36.3 Å². The Morgan fingerprint density at radius 2 is 1.78 bits per heavy atom. The zero-order valence-corrected chi connectivity index (χ0v) is 21.8. The summed E-state index contributed by atoms with van der Waals surface area (Å²) < 4.78 is 0. The molecule has 0 radical (unpaired) electrons. The van der Waals surface area contributed by atoms with Gasteiger partial charge in [0.05, 0.1) is 0 Å². The number of nitrogens with zero attached hydrogens (tertiary/aromatic N) is 3. The Morgan fingerprint density at radius 3 is 2.53 bits per heavy atom. The topological polar surface area (TPSA) is 42.9 Å². The average Bonchev–Trinajstić information content (AvgIpc) is 3.46. The molecule has 2 aromatic rings. The van der Waals surface area contributed by atoms with E-state index >= 15 is 0 Å². The number of rotatable bonds is 7. The molecule has 2 aliphatic rings. The first kappa shape index (κ1) is 24.8. The lowest BCUT2D eigenvalue weighted by Gasteiger charge is -2.21. The van der Waals surface area contributed by atoms with Gasteiger partial charge >= 0.3 is 0 Å². The van der Waals surface area contributed by atoms with Crippen LogP contribution in [0.25, 0.3) is 0 Å². The van der Waals surface area contributed by atoms with Crippen LogP contribution in [-0.2, 0) is 6.42 Å². The van der Waals surface area contributed by atoms with Gasteiger partial charge < -0.3 is 20.4 Å². The normalized spacial score (nSPS) is 21.4. The van der Waals surface area contributed by atoms with Crippen molar-refractivity contribution in [3.05, 3.63) is 65.7 Å². The summed E-state index contributed by atoms with van der Waals surface area (Å²) in [6, 6.07) is 20.1. The molecule has 2 saturated heterocycles. The van der Waals surface area contributed by atoms with Crippen molar-refractivity contribution in [1.29, 1.82) is 0 Å². The lowest BCUT2D eigenvalue weighted by Crippen LogP contribution is -2.46. The quantitative estimate of drug-likeness (QED) is 0.314. The van der Waals surface area contributed by atoms with E-state index in [1.807, 2.05) is 7.05 Å². The molecule has 2 fully saturated rings. The molecule has 0 saturated carbocycles. The molecular weight excluding hydrogens is 509 g/mol. The van der Waals surface area contributed by atoms with Crippen LogP contribution in [0.3, 0.4) is 0 Å². The van der Waals surface area contributed by atoms with Crippen molar-refractivity contribution in [1.82, 2.24) is 15.5 Å². The Bertz CT molecular complexity index is 839. The van der Waals surface area contributed by atoms with E-state index in [1.54, 1.807) is 0 Å². The van der Waals surface area contributed by atoms with Gasteiger partial charge in [0.15, 0.2) is 5.96 Å². The minimum atomic E-state index is 0. The van der Waals surface area contributed by atoms with Gasteiger partial charge in [-0.25, -0.2) is 0 Å². The van der Waals surface area contributed by atoms with Crippen LogP contribution in [0.4, 0.5) is 5.69 Å². The van der Waals surface area contributed by atoms with Crippen molar-refractivity contribution in [2.45, 2.75) is 32.2 Å². The fraction of sp³-hybridized carbons (Fsp3) is 0.500. The number of hydrogen-bond donors (Lipinski definition) is 2. The van der Waals surface area contributed by atoms with E-state index in [0.29, 0.717) is 12.0 Å². The fourth-order valence-electron chi connectivity index (χ4n) is 4.71. The molecule has 0 bridgehead atoms. The van der Waals surface area contributed by atoms with E-state index in [4.69, 9.17) is 0 Å². The van der Waals surface area contributed by atoms with Gasteiger partial charge in [0, 0.05) is 51.5 Å². The molecular formula is C26H38IN5. The van der Waals surface area contributed by atoms with E-state index in [0.717, 1.165) is 45.0 Å². The maximum Gasteiger partial charge on any atom is 0.191 e. The summed E-state index contributed by atoms with van der Waals surface area (Å²) in [6.07, 6.45) is 3.55. The molecule has 4 rings (SSSR count). The van der Waals surface area contributed by atoms with Crippen LogP contribution in [0.15, 0.2) is 59.6 Å². The van der Waals surface area contributed by atoms with Crippen molar-refractivity contribution >= 4 is 35.6 Å². The standard InChI is InChI=1S/C26H37N5.HI/c1-21-8-10-25(11-9-21)31-17-14-24(20-31)29-26(27-2)28-18-23-13-16-30(19-23)15-12-22-6-4-3-5-7-22;/h3-11,23-24H,12-20H2,1-2H3,(H2,27,28,29);1H. The molecule has 2 heterocycles. The predicted octanol–water partition coefficient (Wildman–Crippen LogP) is 3.92. The van der Waals surface area contributed by atoms with Gasteiger partial charge in [0.2, 0.25) is 0 Å². The van der Waals surface area contributed by atoms with Crippen LogP contribution in [0, 0.1) is 12.8 Å². The SMILES string of the molecule is CN=C(NCC1CCN(CCc2ccccc2)C1)NC1CCN(c2ccc(C)cc2)C1.I. The van der Waals surface area contributed by atoms with Crippen LogP contribution in [0.5, 0.6) is 0 Å². The Balaban J connectivity index is 0.00000289. The number of aliphatic imine (C=N–C) groups is 1. The molecule has 0 aliphatic carbocycles. The van der Waals surface area contributed by atoms with Gasteiger partial charge in [-0.2, -0.15) is 0 Å². The van der Waals surface area contributed by atoms with Crippen molar-refractivity contribution in [3.63, 3.8) is 0 Å². The second-order valence-electron chi connectivity index (χ2n) is 9.06. The highest BCUT2D eigenvalue weighted by atomic mass is 127. The first-order valence-corrected chi connectivity index (χ1v) is 11.7. The summed E-state index contributed by atoms with van der Waals surface area (Å²) in [5, 5.41) is 7.23. The Kier molecular flexibility index (Phi) is 9.66. The van der Waals surface area contributed by atoms with Gasteiger partial charge in [0.25, 0.3) is 0 Å². The number of likely N-dealkylation sites (tertiary alicyclic amines) is 1. The number of guanidine groups is 1. The van der Waals surface area contributed by atoms with Crippen LogP contribution < -0.4 is 15.5 Å². The second-order valence-corrected chi connectivity index (χ2v) is 9.06. The second kappa shape index (κ2) is 12.4. The van der Waals surface area contributed by atoms with E-state index < -0.39 is 0 Å². The van der Waals surface area contributed by atoms with Gasteiger partial charge in [-0.3, -0.25) is 4.99 Å². The first-order chi connectivity index (χ1) is 15.2. The summed E-state index contributed by atoms with van der Waals surface area (Å²) in [7, 11) is 1.88. The number of hydrogen-bond acceptors (Lipinski definition) is 3. The monoisotopic (exact) mass is 547 g/mol. The van der Waals surface area contributed by atoms with E-state index in [9.17, 15) is 0 Å². The highest BCUT2D eigenvalue weighted by molar-refractivity contribution is 14.0. The zero-order chi connectivity index (χ0) is 21.5. The molecule has 0 aromatic heterocycles. The summed E-state index contributed by atoms with van der Waals surface area (Å²) in [6.45, 7) is 8.80. The average molecular weight is 548 g/mol. The molecule has 2 N–H and O–H groups in total. The third-order valence-electron chi connectivity index (χ3n) is 6.64. The summed E-state index contributed by atoms with van der Waals surface area (Å²) in [5.74, 6) is 1.64. The largest absolute Gasteiger partial charge is 0.369 e. The molecule has 6 heteroatoms. The zero-order valence-electron chi connectivity index (χ0n) is 19.5. The number of halogens is 1. The number of benzene rings is 2. The van der Waals surface area contributed by atoms with Crippen molar-refractivity contribution in [3.8, 4) is 0 Å². The van der Waals surface area contributed by atoms with Gasteiger partial charge in [-0.15, -0.1) is 24.0 Å². The molecule has 2 atom stereocenters.